The van der Waals surface area contributed by atoms with Crippen LogP contribution in [-0.2, 0) is 11.2 Å². The Morgan fingerprint density at radius 2 is 2.50 bits per heavy atom. The molecular weight excluding hydrogens is 196 g/mol. The highest BCUT2D eigenvalue weighted by molar-refractivity contribution is 7.09. The van der Waals surface area contributed by atoms with Gasteiger partial charge in [0.15, 0.2) is 0 Å². The van der Waals surface area contributed by atoms with Crippen molar-refractivity contribution in [3.63, 3.8) is 0 Å². The number of nitrogens with two attached hydrogens (primary N) is 1. The Kier molecular flexibility index (Phi) is 4.62. The zero-order valence-corrected chi connectivity index (χ0v) is 9.14. The van der Waals surface area contributed by atoms with Crippen molar-refractivity contribution in [3.05, 3.63) is 22.4 Å². The van der Waals surface area contributed by atoms with Crippen molar-refractivity contribution < 1.29 is 4.79 Å². The molecule has 0 saturated carbocycles. The van der Waals surface area contributed by atoms with Crippen LogP contribution in [0.1, 0.15) is 18.2 Å². The quantitative estimate of drug-likeness (QED) is 0.769. The summed E-state index contributed by atoms with van der Waals surface area (Å²) >= 11 is 1.68. The summed E-state index contributed by atoms with van der Waals surface area (Å²) in [5.41, 5.74) is 5.40. The van der Waals surface area contributed by atoms with Crippen LogP contribution in [0.2, 0.25) is 0 Å². The minimum Gasteiger partial charge on any atom is -0.352 e. The van der Waals surface area contributed by atoms with Crippen LogP contribution in [0.15, 0.2) is 17.5 Å². The summed E-state index contributed by atoms with van der Waals surface area (Å²) in [7, 11) is 0. The Hall–Kier alpha value is -0.870. The van der Waals surface area contributed by atoms with Crippen LogP contribution >= 0.6 is 11.3 Å². The SMILES string of the molecule is C[C@@H](CN)NC(=O)CCc1cccs1. The van der Waals surface area contributed by atoms with E-state index < -0.39 is 0 Å². The van der Waals surface area contributed by atoms with E-state index in [0.29, 0.717) is 13.0 Å². The molecule has 1 rings (SSSR count). The Balaban J connectivity index is 2.22. The fourth-order valence-corrected chi connectivity index (χ4v) is 1.81. The van der Waals surface area contributed by atoms with Crippen molar-refractivity contribution in [2.24, 2.45) is 5.73 Å². The van der Waals surface area contributed by atoms with Gasteiger partial charge in [0, 0.05) is 23.9 Å². The Morgan fingerprint density at radius 3 is 3.07 bits per heavy atom. The van der Waals surface area contributed by atoms with Crippen molar-refractivity contribution in [2.45, 2.75) is 25.8 Å². The normalized spacial score (nSPS) is 12.4. The number of aryl methyl sites for hydroxylation is 1. The molecule has 0 bridgehead atoms. The van der Waals surface area contributed by atoms with E-state index in [1.807, 2.05) is 24.4 Å². The molecule has 0 aliphatic rings. The van der Waals surface area contributed by atoms with Crippen LogP contribution in [0.5, 0.6) is 0 Å². The van der Waals surface area contributed by atoms with E-state index in [0.717, 1.165) is 6.42 Å². The number of nitrogens with one attached hydrogen (secondary N) is 1. The number of carbonyl (C=O) groups excluding carboxylic acids is 1. The number of hydrogen-bond acceptors (Lipinski definition) is 3. The first-order valence-corrected chi connectivity index (χ1v) is 5.62. The molecule has 1 aromatic heterocycles. The first kappa shape index (κ1) is 11.2. The molecule has 3 nitrogen and oxygen atoms in total. The van der Waals surface area contributed by atoms with Gasteiger partial charge in [-0.05, 0) is 24.8 Å². The number of thiophene rings is 1. The molecule has 0 aliphatic carbocycles. The van der Waals surface area contributed by atoms with Gasteiger partial charge in [0.25, 0.3) is 0 Å². The van der Waals surface area contributed by atoms with Crippen LogP contribution in [0.3, 0.4) is 0 Å². The molecule has 14 heavy (non-hydrogen) atoms. The van der Waals surface area contributed by atoms with Gasteiger partial charge >= 0.3 is 0 Å². The van der Waals surface area contributed by atoms with Crippen molar-refractivity contribution >= 4 is 17.2 Å². The zero-order valence-electron chi connectivity index (χ0n) is 8.32. The van der Waals surface area contributed by atoms with Gasteiger partial charge in [0.05, 0.1) is 0 Å². The molecule has 0 aromatic carbocycles. The molecule has 0 saturated heterocycles. The summed E-state index contributed by atoms with van der Waals surface area (Å²) in [5, 5.41) is 4.86. The van der Waals surface area contributed by atoms with E-state index in [1.54, 1.807) is 11.3 Å². The van der Waals surface area contributed by atoms with Gasteiger partial charge in [-0.3, -0.25) is 4.79 Å². The molecule has 0 radical (unpaired) electrons. The summed E-state index contributed by atoms with van der Waals surface area (Å²) in [6, 6.07) is 4.12. The summed E-state index contributed by atoms with van der Waals surface area (Å²) in [4.78, 5) is 12.6. The highest BCUT2D eigenvalue weighted by Gasteiger charge is 2.05. The predicted octanol–water partition coefficient (Wildman–Crippen LogP) is 1.14. The lowest BCUT2D eigenvalue weighted by Gasteiger charge is -2.10. The molecular formula is C10H16N2OS. The van der Waals surface area contributed by atoms with E-state index in [1.165, 1.54) is 4.88 Å². The maximum absolute atomic E-state index is 11.3. The van der Waals surface area contributed by atoms with Crippen LogP contribution in [0.25, 0.3) is 0 Å². The molecule has 3 N–H and O–H groups in total. The van der Waals surface area contributed by atoms with Gasteiger partial charge in [-0.1, -0.05) is 6.07 Å². The predicted molar refractivity (Wildman–Crippen MR) is 59.3 cm³/mol. The van der Waals surface area contributed by atoms with Crippen molar-refractivity contribution in [2.75, 3.05) is 6.54 Å². The maximum Gasteiger partial charge on any atom is 0.220 e. The third-order valence-electron chi connectivity index (χ3n) is 1.94. The maximum atomic E-state index is 11.3. The van der Waals surface area contributed by atoms with Gasteiger partial charge in [-0.2, -0.15) is 0 Å². The summed E-state index contributed by atoms with van der Waals surface area (Å²) < 4.78 is 0. The standard InChI is InChI=1S/C10H16N2OS/c1-8(7-11)12-10(13)5-4-9-3-2-6-14-9/h2-3,6,8H,4-5,7,11H2,1H3,(H,12,13)/t8-/m0/s1. The van der Waals surface area contributed by atoms with Crippen LogP contribution < -0.4 is 11.1 Å². The average molecular weight is 212 g/mol. The van der Waals surface area contributed by atoms with Gasteiger partial charge < -0.3 is 11.1 Å². The van der Waals surface area contributed by atoms with E-state index in [2.05, 4.69) is 5.32 Å². The number of hydrogen-bond donors (Lipinski definition) is 2. The van der Waals surface area contributed by atoms with Gasteiger partial charge in [-0.15, -0.1) is 11.3 Å². The minimum atomic E-state index is 0.0748. The van der Waals surface area contributed by atoms with Crippen LogP contribution in [-0.4, -0.2) is 18.5 Å². The van der Waals surface area contributed by atoms with Crippen molar-refractivity contribution in [1.29, 1.82) is 0 Å². The fraction of sp³-hybridized carbons (Fsp3) is 0.500. The van der Waals surface area contributed by atoms with Gasteiger partial charge in [-0.25, -0.2) is 0 Å². The molecule has 1 heterocycles. The summed E-state index contributed by atoms with van der Waals surface area (Å²) in [6.45, 7) is 2.40. The van der Waals surface area contributed by atoms with Crippen molar-refractivity contribution in [1.82, 2.24) is 5.32 Å². The second-order valence-electron chi connectivity index (χ2n) is 3.28. The molecule has 0 aliphatic heterocycles. The molecule has 4 heteroatoms. The summed E-state index contributed by atoms with van der Waals surface area (Å²) in [6.07, 6.45) is 1.37. The third kappa shape index (κ3) is 3.89. The summed E-state index contributed by atoms with van der Waals surface area (Å²) in [5.74, 6) is 0.0800. The Labute approximate surface area is 88.3 Å². The molecule has 1 aromatic rings. The fourth-order valence-electron chi connectivity index (χ4n) is 1.10. The zero-order chi connectivity index (χ0) is 10.4. The monoisotopic (exact) mass is 212 g/mol. The highest BCUT2D eigenvalue weighted by atomic mass is 32.1. The number of carbonyl (C=O) groups is 1. The van der Waals surface area contributed by atoms with Crippen LogP contribution in [0.4, 0.5) is 0 Å². The molecule has 0 fully saturated rings. The number of rotatable bonds is 5. The molecule has 0 spiro atoms. The lowest BCUT2D eigenvalue weighted by Crippen LogP contribution is -2.37. The third-order valence-corrected chi connectivity index (χ3v) is 2.88. The van der Waals surface area contributed by atoms with Gasteiger partial charge in [0.2, 0.25) is 5.91 Å². The smallest absolute Gasteiger partial charge is 0.220 e. The Morgan fingerprint density at radius 1 is 1.71 bits per heavy atom. The van der Waals surface area contributed by atoms with Gasteiger partial charge in [0.1, 0.15) is 0 Å². The highest BCUT2D eigenvalue weighted by Crippen LogP contribution is 2.10. The van der Waals surface area contributed by atoms with E-state index in [9.17, 15) is 4.79 Å². The first-order chi connectivity index (χ1) is 6.72. The average Bonchev–Trinajstić information content (AvgIpc) is 2.67. The lowest BCUT2D eigenvalue weighted by molar-refractivity contribution is -0.121. The first-order valence-electron chi connectivity index (χ1n) is 4.74. The Bertz CT molecular complexity index is 272. The van der Waals surface area contributed by atoms with Crippen LogP contribution in [0, 0.1) is 0 Å². The second kappa shape index (κ2) is 5.78. The lowest BCUT2D eigenvalue weighted by atomic mass is 10.2. The second-order valence-corrected chi connectivity index (χ2v) is 4.32. The van der Waals surface area contributed by atoms with E-state index in [-0.39, 0.29) is 11.9 Å². The largest absolute Gasteiger partial charge is 0.352 e. The van der Waals surface area contributed by atoms with E-state index >= 15 is 0 Å². The topological polar surface area (TPSA) is 55.1 Å². The molecule has 1 amide bonds. The molecule has 1 atom stereocenters. The minimum absolute atomic E-state index is 0.0748. The number of amides is 1. The molecule has 78 valence electrons. The van der Waals surface area contributed by atoms with E-state index in [4.69, 9.17) is 5.73 Å². The molecule has 0 unspecified atom stereocenters. The van der Waals surface area contributed by atoms with Crippen molar-refractivity contribution in [3.8, 4) is 0 Å².